The third kappa shape index (κ3) is 3.04. The van der Waals surface area contributed by atoms with E-state index in [4.69, 9.17) is 0 Å². The number of aromatic amines is 1. The first kappa shape index (κ1) is 14.8. The van der Waals surface area contributed by atoms with E-state index in [1.807, 2.05) is 25.1 Å². The summed E-state index contributed by atoms with van der Waals surface area (Å²) in [7, 11) is 0. The van der Waals surface area contributed by atoms with Crippen LogP contribution in [0.15, 0.2) is 29.1 Å². The van der Waals surface area contributed by atoms with Crippen LogP contribution in [0.25, 0.3) is 10.9 Å². The molecular weight excluding hydrogens is 278 g/mol. The van der Waals surface area contributed by atoms with Crippen LogP contribution >= 0.6 is 0 Å². The number of hydrogen-bond donors (Lipinski definition) is 2. The number of H-pyrrole nitrogens is 1. The number of amides is 1. The highest BCUT2D eigenvalue weighted by Gasteiger charge is 2.13. The Hall–Kier alpha value is -2.14. The van der Waals surface area contributed by atoms with Gasteiger partial charge >= 0.3 is 0 Å². The molecule has 0 aliphatic carbocycles. The number of fused-ring (bicyclic) bond motifs is 1. The Morgan fingerprint density at radius 3 is 2.86 bits per heavy atom. The Kier molecular flexibility index (Phi) is 4.24. The summed E-state index contributed by atoms with van der Waals surface area (Å²) in [6.07, 6.45) is 2.48. The van der Waals surface area contributed by atoms with Gasteiger partial charge in [-0.1, -0.05) is 12.1 Å². The van der Waals surface area contributed by atoms with Gasteiger partial charge in [-0.05, 0) is 44.5 Å². The van der Waals surface area contributed by atoms with Gasteiger partial charge in [0.25, 0.3) is 5.91 Å². The average molecular weight is 299 g/mol. The number of rotatable bonds is 4. The number of aromatic nitrogens is 1. The van der Waals surface area contributed by atoms with Gasteiger partial charge < -0.3 is 15.2 Å². The van der Waals surface area contributed by atoms with Crippen molar-refractivity contribution in [1.29, 1.82) is 0 Å². The standard InChI is InChI=1S/C17H21N3O2/c1-12-5-4-6-13-16(12)15(21)11-14(19-13)17(22)18-7-10-20-8-2-3-9-20/h4-6,11H,2-3,7-10H2,1H3,(H,18,22)(H,19,21). The molecule has 3 rings (SSSR count). The van der Waals surface area contributed by atoms with Crippen molar-refractivity contribution in [1.82, 2.24) is 15.2 Å². The highest BCUT2D eigenvalue weighted by atomic mass is 16.2. The molecule has 116 valence electrons. The van der Waals surface area contributed by atoms with E-state index in [9.17, 15) is 9.59 Å². The quantitative estimate of drug-likeness (QED) is 0.902. The summed E-state index contributed by atoms with van der Waals surface area (Å²) in [6, 6.07) is 6.99. The molecule has 1 aromatic heterocycles. The Morgan fingerprint density at radius 2 is 2.09 bits per heavy atom. The molecule has 5 heteroatoms. The second-order valence-electron chi connectivity index (χ2n) is 5.85. The lowest BCUT2D eigenvalue weighted by atomic mass is 10.1. The van der Waals surface area contributed by atoms with E-state index in [-0.39, 0.29) is 11.3 Å². The molecule has 0 saturated carbocycles. The summed E-state index contributed by atoms with van der Waals surface area (Å²) < 4.78 is 0. The van der Waals surface area contributed by atoms with Gasteiger partial charge in [-0.3, -0.25) is 9.59 Å². The van der Waals surface area contributed by atoms with Crippen LogP contribution in [0.4, 0.5) is 0 Å². The monoisotopic (exact) mass is 299 g/mol. The minimum atomic E-state index is -0.222. The lowest BCUT2D eigenvalue weighted by molar-refractivity contribution is 0.0945. The predicted octanol–water partition coefficient (Wildman–Crippen LogP) is 1.66. The highest BCUT2D eigenvalue weighted by molar-refractivity contribution is 5.95. The largest absolute Gasteiger partial charge is 0.350 e. The molecule has 2 aromatic rings. The third-order valence-corrected chi connectivity index (χ3v) is 4.22. The zero-order valence-corrected chi connectivity index (χ0v) is 12.8. The molecule has 1 saturated heterocycles. The molecule has 0 bridgehead atoms. The van der Waals surface area contributed by atoms with Gasteiger partial charge in [0.15, 0.2) is 5.43 Å². The van der Waals surface area contributed by atoms with Crippen LogP contribution in [0, 0.1) is 6.92 Å². The van der Waals surface area contributed by atoms with Crippen LogP contribution in [0.3, 0.4) is 0 Å². The number of nitrogens with one attached hydrogen (secondary N) is 2. The molecule has 0 spiro atoms. The molecule has 22 heavy (non-hydrogen) atoms. The van der Waals surface area contributed by atoms with Crippen molar-refractivity contribution in [3.05, 3.63) is 45.7 Å². The number of nitrogens with zero attached hydrogens (tertiary/aromatic N) is 1. The number of likely N-dealkylation sites (tertiary alicyclic amines) is 1. The maximum Gasteiger partial charge on any atom is 0.267 e. The minimum absolute atomic E-state index is 0.114. The van der Waals surface area contributed by atoms with Crippen molar-refractivity contribution in [3.63, 3.8) is 0 Å². The molecule has 1 fully saturated rings. The van der Waals surface area contributed by atoms with Crippen LogP contribution in [0.2, 0.25) is 0 Å². The van der Waals surface area contributed by atoms with Crippen LogP contribution in [0.1, 0.15) is 28.9 Å². The molecule has 1 aliphatic rings. The van der Waals surface area contributed by atoms with Crippen molar-refractivity contribution in [2.75, 3.05) is 26.2 Å². The maximum atomic E-state index is 12.2. The van der Waals surface area contributed by atoms with Crippen molar-refractivity contribution >= 4 is 16.8 Å². The molecule has 2 N–H and O–H groups in total. The van der Waals surface area contributed by atoms with E-state index in [1.165, 1.54) is 18.9 Å². The van der Waals surface area contributed by atoms with Crippen LogP contribution in [-0.2, 0) is 0 Å². The topological polar surface area (TPSA) is 65.2 Å². The van der Waals surface area contributed by atoms with Crippen LogP contribution in [-0.4, -0.2) is 42.0 Å². The van der Waals surface area contributed by atoms with E-state index in [2.05, 4.69) is 15.2 Å². The summed E-state index contributed by atoms with van der Waals surface area (Å²) >= 11 is 0. The van der Waals surface area contributed by atoms with Crippen molar-refractivity contribution < 1.29 is 4.79 Å². The first-order valence-corrected chi connectivity index (χ1v) is 7.78. The van der Waals surface area contributed by atoms with Gasteiger partial charge in [-0.2, -0.15) is 0 Å². The van der Waals surface area contributed by atoms with E-state index in [1.54, 1.807) is 0 Å². The van der Waals surface area contributed by atoms with Crippen molar-refractivity contribution in [2.24, 2.45) is 0 Å². The van der Waals surface area contributed by atoms with Gasteiger partial charge in [-0.15, -0.1) is 0 Å². The van der Waals surface area contributed by atoms with E-state index >= 15 is 0 Å². The summed E-state index contributed by atoms with van der Waals surface area (Å²) in [5, 5.41) is 3.53. The molecule has 0 atom stereocenters. The fourth-order valence-corrected chi connectivity index (χ4v) is 3.03. The predicted molar refractivity (Wildman–Crippen MR) is 87.3 cm³/mol. The van der Waals surface area contributed by atoms with Crippen molar-refractivity contribution in [3.8, 4) is 0 Å². The van der Waals surface area contributed by atoms with Gasteiger partial charge in [-0.25, -0.2) is 0 Å². The molecule has 1 amide bonds. The molecule has 0 radical (unpaired) electrons. The average Bonchev–Trinajstić information content (AvgIpc) is 3.00. The summed E-state index contributed by atoms with van der Waals surface area (Å²) in [5.74, 6) is -0.222. The molecule has 5 nitrogen and oxygen atoms in total. The molecule has 1 aromatic carbocycles. The second-order valence-corrected chi connectivity index (χ2v) is 5.85. The Balaban J connectivity index is 1.72. The SMILES string of the molecule is Cc1cccc2[nH]c(C(=O)NCCN3CCCC3)cc(=O)c12. The first-order chi connectivity index (χ1) is 10.6. The van der Waals surface area contributed by atoms with Crippen LogP contribution in [0.5, 0.6) is 0 Å². The zero-order valence-electron chi connectivity index (χ0n) is 12.8. The van der Waals surface area contributed by atoms with Crippen molar-refractivity contribution in [2.45, 2.75) is 19.8 Å². The van der Waals surface area contributed by atoms with Crippen LogP contribution < -0.4 is 10.7 Å². The summed E-state index contributed by atoms with van der Waals surface area (Å²) in [5.41, 5.74) is 1.83. The number of hydrogen-bond acceptors (Lipinski definition) is 3. The number of carbonyl (C=O) groups is 1. The molecule has 1 aliphatic heterocycles. The number of pyridine rings is 1. The Morgan fingerprint density at radius 1 is 1.32 bits per heavy atom. The fourth-order valence-electron chi connectivity index (χ4n) is 3.03. The van der Waals surface area contributed by atoms with Gasteiger partial charge in [0.05, 0.1) is 5.52 Å². The smallest absolute Gasteiger partial charge is 0.267 e. The van der Waals surface area contributed by atoms with E-state index in [0.29, 0.717) is 23.1 Å². The number of benzene rings is 1. The normalized spacial score (nSPS) is 15.3. The summed E-state index contributed by atoms with van der Waals surface area (Å²) in [4.78, 5) is 29.8. The van der Waals surface area contributed by atoms with E-state index in [0.717, 1.165) is 25.2 Å². The Labute approximate surface area is 129 Å². The second kappa shape index (κ2) is 6.32. The minimum Gasteiger partial charge on any atom is -0.350 e. The van der Waals surface area contributed by atoms with Gasteiger partial charge in [0.2, 0.25) is 0 Å². The molecule has 0 unspecified atom stereocenters. The lowest BCUT2D eigenvalue weighted by Crippen LogP contribution is -2.34. The number of carbonyl (C=O) groups excluding carboxylic acids is 1. The van der Waals surface area contributed by atoms with Gasteiger partial charge in [0, 0.05) is 24.5 Å². The molecular formula is C17H21N3O2. The fraction of sp³-hybridized carbons (Fsp3) is 0.412. The molecule has 2 heterocycles. The third-order valence-electron chi connectivity index (χ3n) is 4.22. The highest BCUT2D eigenvalue weighted by Crippen LogP contribution is 2.12. The first-order valence-electron chi connectivity index (χ1n) is 7.78. The Bertz CT molecular complexity index is 745. The number of aryl methyl sites for hydroxylation is 1. The zero-order chi connectivity index (χ0) is 15.5. The maximum absolute atomic E-state index is 12.2. The summed E-state index contributed by atoms with van der Waals surface area (Å²) in [6.45, 7) is 5.59. The lowest BCUT2D eigenvalue weighted by Gasteiger charge is -2.14. The van der Waals surface area contributed by atoms with E-state index < -0.39 is 0 Å². The van der Waals surface area contributed by atoms with Gasteiger partial charge in [0.1, 0.15) is 5.69 Å².